The average molecular weight is 226 g/mol. The Morgan fingerprint density at radius 2 is 2.20 bits per heavy atom. The highest BCUT2D eigenvalue weighted by atomic mass is 32.2. The van der Waals surface area contributed by atoms with Crippen molar-refractivity contribution in [2.75, 3.05) is 12.4 Å². The Labute approximate surface area is 93.4 Å². The van der Waals surface area contributed by atoms with Crippen molar-refractivity contribution in [1.82, 2.24) is 0 Å². The van der Waals surface area contributed by atoms with Crippen LogP contribution in [0.25, 0.3) is 0 Å². The second-order valence-corrected chi connectivity index (χ2v) is 4.17. The van der Waals surface area contributed by atoms with E-state index in [-0.39, 0.29) is 5.56 Å². The van der Waals surface area contributed by atoms with Gasteiger partial charge < -0.3 is 9.84 Å². The molecule has 15 heavy (non-hydrogen) atoms. The minimum absolute atomic E-state index is 0.220. The number of hydrogen-bond donors (Lipinski definition) is 1. The van der Waals surface area contributed by atoms with Crippen LogP contribution in [0.3, 0.4) is 0 Å². The molecule has 1 aromatic rings. The van der Waals surface area contributed by atoms with Crippen LogP contribution in [0, 0.1) is 0 Å². The maximum Gasteiger partial charge on any atom is 0.339 e. The van der Waals surface area contributed by atoms with Gasteiger partial charge in [-0.05, 0) is 30.9 Å². The normalized spacial score (nSPS) is 10.0. The molecule has 0 aliphatic carbocycles. The van der Waals surface area contributed by atoms with Gasteiger partial charge in [-0.2, -0.15) is 0 Å². The Morgan fingerprint density at radius 1 is 1.47 bits per heavy atom. The predicted octanol–water partition coefficient (Wildman–Crippen LogP) is 2.90. The maximum atomic E-state index is 10.9. The molecule has 0 bridgehead atoms. The zero-order valence-electron chi connectivity index (χ0n) is 8.82. The fraction of sp³-hybridized carbons (Fsp3) is 0.364. The average Bonchev–Trinajstić information content (AvgIpc) is 2.18. The molecule has 0 saturated carbocycles. The van der Waals surface area contributed by atoms with Crippen molar-refractivity contribution in [3.63, 3.8) is 0 Å². The molecule has 0 saturated heterocycles. The Bertz CT molecular complexity index is 350. The molecule has 1 aromatic carbocycles. The van der Waals surface area contributed by atoms with Gasteiger partial charge in [-0.25, -0.2) is 4.79 Å². The molecule has 82 valence electrons. The summed E-state index contributed by atoms with van der Waals surface area (Å²) in [5.41, 5.74) is 0.220. The first-order chi connectivity index (χ1) is 7.19. The van der Waals surface area contributed by atoms with Crippen molar-refractivity contribution < 1.29 is 14.6 Å². The van der Waals surface area contributed by atoms with E-state index in [1.807, 2.05) is 6.92 Å². The van der Waals surface area contributed by atoms with Crippen molar-refractivity contribution in [3.8, 4) is 5.75 Å². The lowest BCUT2D eigenvalue weighted by atomic mass is 10.2. The quantitative estimate of drug-likeness (QED) is 0.784. The van der Waals surface area contributed by atoms with Gasteiger partial charge in [0.05, 0.1) is 6.61 Å². The number of benzene rings is 1. The van der Waals surface area contributed by atoms with E-state index in [0.717, 1.165) is 10.6 Å². The van der Waals surface area contributed by atoms with Crippen LogP contribution in [0.15, 0.2) is 23.1 Å². The Morgan fingerprint density at radius 3 is 2.73 bits per heavy atom. The monoisotopic (exact) mass is 226 g/mol. The van der Waals surface area contributed by atoms with E-state index < -0.39 is 5.97 Å². The third kappa shape index (κ3) is 3.16. The first kappa shape index (κ1) is 11.9. The van der Waals surface area contributed by atoms with E-state index in [1.54, 1.807) is 30.0 Å². The zero-order chi connectivity index (χ0) is 11.3. The number of thioether (sulfide) groups is 1. The summed E-state index contributed by atoms with van der Waals surface area (Å²) >= 11 is 1.66. The molecule has 4 heteroatoms. The van der Waals surface area contributed by atoms with Gasteiger partial charge in [0.1, 0.15) is 11.3 Å². The van der Waals surface area contributed by atoms with E-state index in [1.165, 1.54) is 0 Å². The Hall–Kier alpha value is -1.16. The molecule has 0 spiro atoms. The molecular formula is C11H14O3S. The molecule has 3 nitrogen and oxygen atoms in total. The largest absolute Gasteiger partial charge is 0.493 e. The van der Waals surface area contributed by atoms with E-state index in [9.17, 15) is 4.79 Å². The van der Waals surface area contributed by atoms with Crippen LogP contribution in [-0.2, 0) is 0 Å². The first-order valence-corrected chi connectivity index (χ1v) is 5.80. The molecule has 0 heterocycles. The molecule has 0 amide bonds. The smallest absolute Gasteiger partial charge is 0.339 e. The first-order valence-electron chi connectivity index (χ1n) is 4.82. The third-order valence-corrected chi connectivity index (χ3v) is 2.67. The van der Waals surface area contributed by atoms with E-state index in [0.29, 0.717) is 12.4 Å². The van der Waals surface area contributed by atoms with Gasteiger partial charge >= 0.3 is 5.97 Å². The molecule has 1 rings (SSSR count). The van der Waals surface area contributed by atoms with E-state index >= 15 is 0 Å². The molecule has 0 fully saturated rings. The lowest BCUT2D eigenvalue weighted by Gasteiger charge is -2.08. The fourth-order valence-electron chi connectivity index (χ4n) is 1.21. The molecule has 0 aromatic heterocycles. The van der Waals surface area contributed by atoms with Crippen molar-refractivity contribution in [2.45, 2.75) is 18.7 Å². The van der Waals surface area contributed by atoms with Gasteiger partial charge in [0.15, 0.2) is 0 Å². The van der Waals surface area contributed by atoms with Gasteiger partial charge in [0, 0.05) is 4.90 Å². The van der Waals surface area contributed by atoms with Gasteiger partial charge in [-0.3, -0.25) is 0 Å². The summed E-state index contributed by atoms with van der Waals surface area (Å²) in [5, 5.41) is 8.93. The zero-order valence-corrected chi connectivity index (χ0v) is 9.63. The molecule has 1 N–H and O–H groups in total. The maximum absolute atomic E-state index is 10.9. The highest BCUT2D eigenvalue weighted by Crippen LogP contribution is 2.26. The fourth-order valence-corrected chi connectivity index (χ4v) is 1.90. The number of rotatable bonds is 5. The van der Waals surface area contributed by atoms with Crippen molar-refractivity contribution in [1.29, 1.82) is 0 Å². The molecule has 0 atom stereocenters. The van der Waals surface area contributed by atoms with Gasteiger partial charge in [0.2, 0.25) is 0 Å². The molecule has 0 unspecified atom stereocenters. The van der Waals surface area contributed by atoms with Crippen LogP contribution in [0.4, 0.5) is 0 Å². The lowest BCUT2D eigenvalue weighted by Crippen LogP contribution is -2.02. The summed E-state index contributed by atoms with van der Waals surface area (Å²) < 4.78 is 5.29. The number of carboxylic acid groups (broad SMARTS) is 1. The SMILES string of the molecule is CCOc1cc(SCC)ccc1C(=O)O. The van der Waals surface area contributed by atoms with Crippen LogP contribution in [0.2, 0.25) is 0 Å². The topological polar surface area (TPSA) is 46.5 Å². The number of hydrogen-bond acceptors (Lipinski definition) is 3. The minimum Gasteiger partial charge on any atom is -0.493 e. The highest BCUT2D eigenvalue weighted by molar-refractivity contribution is 7.99. The van der Waals surface area contributed by atoms with Crippen LogP contribution in [0.5, 0.6) is 5.75 Å². The van der Waals surface area contributed by atoms with Gasteiger partial charge in [-0.1, -0.05) is 6.92 Å². The van der Waals surface area contributed by atoms with Crippen LogP contribution >= 0.6 is 11.8 Å². The number of ether oxygens (including phenoxy) is 1. The second-order valence-electron chi connectivity index (χ2n) is 2.83. The molecule has 0 radical (unpaired) electrons. The minimum atomic E-state index is -0.952. The van der Waals surface area contributed by atoms with E-state index in [4.69, 9.17) is 9.84 Å². The Kier molecular flexibility index (Phi) is 4.49. The Balaban J connectivity index is 3.03. The van der Waals surface area contributed by atoms with Crippen LogP contribution in [0.1, 0.15) is 24.2 Å². The molecule has 0 aliphatic heterocycles. The summed E-state index contributed by atoms with van der Waals surface area (Å²) in [4.78, 5) is 11.9. The van der Waals surface area contributed by atoms with Crippen molar-refractivity contribution in [2.24, 2.45) is 0 Å². The van der Waals surface area contributed by atoms with Crippen molar-refractivity contribution >= 4 is 17.7 Å². The van der Waals surface area contributed by atoms with Crippen LogP contribution < -0.4 is 4.74 Å². The standard InChI is InChI=1S/C11H14O3S/c1-3-14-10-7-8(15-4-2)5-6-9(10)11(12)13/h5-7H,3-4H2,1-2H3,(H,12,13). The summed E-state index contributed by atoms with van der Waals surface area (Å²) in [6.45, 7) is 4.36. The van der Waals surface area contributed by atoms with Crippen LogP contribution in [-0.4, -0.2) is 23.4 Å². The lowest BCUT2D eigenvalue weighted by molar-refractivity contribution is 0.0692. The second kappa shape index (κ2) is 5.66. The summed E-state index contributed by atoms with van der Waals surface area (Å²) in [7, 11) is 0. The summed E-state index contributed by atoms with van der Waals surface area (Å²) in [6, 6.07) is 5.17. The molecule has 0 aliphatic rings. The van der Waals surface area contributed by atoms with Gasteiger partial charge in [0.25, 0.3) is 0 Å². The summed E-state index contributed by atoms with van der Waals surface area (Å²) in [6.07, 6.45) is 0. The number of carbonyl (C=O) groups is 1. The van der Waals surface area contributed by atoms with Crippen molar-refractivity contribution in [3.05, 3.63) is 23.8 Å². The van der Waals surface area contributed by atoms with E-state index in [2.05, 4.69) is 6.92 Å². The highest BCUT2D eigenvalue weighted by Gasteiger charge is 2.11. The number of aromatic carboxylic acids is 1. The summed E-state index contributed by atoms with van der Waals surface area (Å²) in [5.74, 6) is 0.452. The third-order valence-electron chi connectivity index (χ3n) is 1.79. The molecular weight excluding hydrogens is 212 g/mol. The van der Waals surface area contributed by atoms with Gasteiger partial charge in [-0.15, -0.1) is 11.8 Å². The number of carboxylic acids is 1. The predicted molar refractivity (Wildman–Crippen MR) is 61.0 cm³/mol.